The number of fused-ring (bicyclic) bond motifs is 1. The number of ether oxygens (including phenoxy) is 2. The molecule has 0 aliphatic rings. The summed E-state index contributed by atoms with van der Waals surface area (Å²) in [5.74, 6) is 1.49. The van der Waals surface area contributed by atoms with Gasteiger partial charge in [-0.1, -0.05) is 72.8 Å². The van der Waals surface area contributed by atoms with Crippen LogP contribution in [-0.4, -0.2) is 21.6 Å². The number of methoxy groups -OCH3 is 1. The van der Waals surface area contributed by atoms with Crippen LogP contribution in [-0.2, 0) is 19.6 Å². The minimum Gasteiger partial charge on any atom is -0.488 e. The normalized spacial score (nSPS) is 10.9. The van der Waals surface area contributed by atoms with Crippen molar-refractivity contribution < 1.29 is 9.47 Å². The van der Waals surface area contributed by atoms with Crippen molar-refractivity contribution in [2.75, 3.05) is 7.11 Å². The van der Waals surface area contributed by atoms with Gasteiger partial charge in [-0.2, -0.15) is 0 Å². The molecule has 0 saturated heterocycles. The first kappa shape index (κ1) is 22.3. The van der Waals surface area contributed by atoms with E-state index in [1.165, 1.54) is 7.11 Å². The highest BCUT2D eigenvalue weighted by Crippen LogP contribution is 2.30. The summed E-state index contributed by atoms with van der Waals surface area (Å²) in [6, 6.07) is 29.5. The van der Waals surface area contributed by atoms with Crippen molar-refractivity contribution in [1.82, 2.24) is 14.5 Å². The zero-order chi connectivity index (χ0) is 24.0. The fraction of sp³-hybridized carbons (Fsp3) is 0.138. The van der Waals surface area contributed by atoms with Gasteiger partial charge in [-0.15, -0.1) is 0 Å². The molecular weight excluding hydrogens is 438 g/mol. The highest BCUT2D eigenvalue weighted by Gasteiger charge is 2.19. The summed E-state index contributed by atoms with van der Waals surface area (Å²) < 4.78 is 13.3. The number of aryl methyl sites for hydroxylation is 1. The maximum absolute atomic E-state index is 13.8. The lowest BCUT2D eigenvalue weighted by Gasteiger charge is -2.17. The summed E-state index contributed by atoms with van der Waals surface area (Å²) in [5, 5.41) is 0.370. The fourth-order valence-corrected chi connectivity index (χ4v) is 4.10. The number of hydrogen-bond acceptors (Lipinski definition) is 5. The van der Waals surface area contributed by atoms with E-state index in [9.17, 15) is 4.79 Å². The number of nitrogens with zero attached hydrogens (tertiary/aromatic N) is 3. The van der Waals surface area contributed by atoms with E-state index in [0.717, 1.165) is 16.7 Å². The second kappa shape index (κ2) is 10.2. The van der Waals surface area contributed by atoms with Crippen LogP contribution in [0.15, 0.2) is 102 Å². The van der Waals surface area contributed by atoms with Crippen LogP contribution in [0.4, 0.5) is 0 Å². The standard InChI is InChI=1S/C29H25N3O3/c1-34-28-26-24(16-18-30-28)31-27(32(29(26)33)19-17-21-10-4-2-5-11-21)23-14-8-9-15-25(23)35-20-22-12-6-3-7-13-22/h2-16,18H,17,19-20H2,1H3. The van der Waals surface area contributed by atoms with Gasteiger partial charge in [0.2, 0.25) is 5.88 Å². The first-order valence-electron chi connectivity index (χ1n) is 11.5. The van der Waals surface area contributed by atoms with Gasteiger partial charge in [0.15, 0.2) is 0 Å². The average molecular weight is 464 g/mol. The molecule has 5 rings (SSSR count). The number of para-hydroxylation sites is 1. The molecule has 0 bridgehead atoms. The maximum atomic E-state index is 13.8. The van der Waals surface area contributed by atoms with E-state index in [0.29, 0.717) is 42.0 Å². The van der Waals surface area contributed by atoms with Crippen molar-refractivity contribution in [3.05, 3.63) is 119 Å². The topological polar surface area (TPSA) is 66.2 Å². The summed E-state index contributed by atoms with van der Waals surface area (Å²) in [6.07, 6.45) is 2.28. The Morgan fingerprint density at radius 2 is 1.51 bits per heavy atom. The van der Waals surface area contributed by atoms with E-state index >= 15 is 0 Å². The van der Waals surface area contributed by atoms with Gasteiger partial charge in [0.05, 0.1) is 18.2 Å². The van der Waals surface area contributed by atoms with Crippen LogP contribution < -0.4 is 15.0 Å². The van der Waals surface area contributed by atoms with Crippen LogP contribution in [0.1, 0.15) is 11.1 Å². The van der Waals surface area contributed by atoms with Gasteiger partial charge in [-0.3, -0.25) is 9.36 Å². The molecule has 0 spiro atoms. The van der Waals surface area contributed by atoms with Crippen molar-refractivity contribution in [3.8, 4) is 23.0 Å². The first-order valence-corrected chi connectivity index (χ1v) is 11.5. The van der Waals surface area contributed by atoms with E-state index in [4.69, 9.17) is 14.5 Å². The zero-order valence-corrected chi connectivity index (χ0v) is 19.4. The predicted molar refractivity (Wildman–Crippen MR) is 137 cm³/mol. The Labute approximate surface area is 203 Å². The minimum absolute atomic E-state index is 0.191. The Kier molecular flexibility index (Phi) is 6.52. The lowest BCUT2D eigenvalue weighted by atomic mass is 10.1. The van der Waals surface area contributed by atoms with E-state index < -0.39 is 0 Å². The molecule has 0 atom stereocenters. The van der Waals surface area contributed by atoms with Gasteiger partial charge in [-0.25, -0.2) is 9.97 Å². The molecule has 2 aromatic heterocycles. The highest BCUT2D eigenvalue weighted by atomic mass is 16.5. The number of hydrogen-bond donors (Lipinski definition) is 0. The lowest BCUT2D eigenvalue weighted by molar-refractivity contribution is 0.307. The van der Waals surface area contributed by atoms with E-state index in [1.54, 1.807) is 16.8 Å². The monoisotopic (exact) mass is 463 g/mol. The van der Waals surface area contributed by atoms with Crippen LogP contribution in [0.25, 0.3) is 22.3 Å². The van der Waals surface area contributed by atoms with Gasteiger partial charge in [0.1, 0.15) is 23.6 Å². The molecule has 0 N–H and O–H groups in total. The number of aromatic nitrogens is 3. The Hall–Kier alpha value is -4.45. The molecular formula is C29H25N3O3. The summed E-state index contributed by atoms with van der Waals surface area (Å²) >= 11 is 0. The number of benzene rings is 3. The van der Waals surface area contributed by atoms with Crippen LogP contribution in [0.5, 0.6) is 11.6 Å². The third-order valence-electron chi connectivity index (χ3n) is 5.86. The van der Waals surface area contributed by atoms with Crippen molar-refractivity contribution in [3.63, 3.8) is 0 Å². The number of pyridine rings is 1. The molecule has 6 heteroatoms. The summed E-state index contributed by atoms with van der Waals surface area (Å²) in [5.41, 5.74) is 3.30. The third kappa shape index (κ3) is 4.77. The maximum Gasteiger partial charge on any atom is 0.267 e. The second-order valence-corrected chi connectivity index (χ2v) is 8.11. The van der Waals surface area contributed by atoms with Crippen LogP contribution in [0.3, 0.4) is 0 Å². The van der Waals surface area contributed by atoms with Crippen molar-refractivity contribution in [2.24, 2.45) is 0 Å². The molecule has 0 amide bonds. The first-order chi connectivity index (χ1) is 17.2. The summed E-state index contributed by atoms with van der Waals surface area (Å²) in [6.45, 7) is 0.865. The SMILES string of the molecule is COc1nccc2nc(-c3ccccc3OCc3ccccc3)n(CCc3ccccc3)c(=O)c12. The van der Waals surface area contributed by atoms with Crippen molar-refractivity contribution in [2.45, 2.75) is 19.6 Å². The molecule has 6 nitrogen and oxygen atoms in total. The van der Waals surface area contributed by atoms with Crippen molar-refractivity contribution in [1.29, 1.82) is 0 Å². The van der Waals surface area contributed by atoms with Gasteiger partial charge in [-0.05, 0) is 35.7 Å². The predicted octanol–water partition coefficient (Wildman–Crippen LogP) is 5.29. The molecule has 0 fully saturated rings. The van der Waals surface area contributed by atoms with E-state index in [2.05, 4.69) is 17.1 Å². The highest BCUT2D eigenvalue weighted by molar-refractivity contribution is 5.84. The third-order valence-corrected chi connectivity index (χ3v) is 5.86. The van der Waals surface area contributed by atoms with Crippen molar-refractivity contribution >= 4 is 10.9 Å². The van der Waals surface area contributed by atoms with Gasteiger partial charge >= 0.3 is 0 Å². The molecule has 3 aromatic carbocycles. The summed E-state index contributed by atoms with van der Waals surface area (Å²) in [4.78, 5) is 22.9. The molecule has 0 unspecified atom stereocenters. The molecule has 0 radical (unpaired) electrons. The quantitative estimate of drug-likeness (QED) is 0.313. The smallest absolute Gasteiger partial charge is 0.267 e. The molecule has 0 aliphatic carbocycles. The molecule has 2 heterocycles. The minimum atomic E-state index is -0.191. The van der Waals surface area contributed by atoms with Crippen LogP contribution in [0, 0.1) is 0 Å². The van der Waals surface area contributed by atoms with Gasteiger partial charge in [0, 0.05) is 12.7 Å². The molecule has 5 aromatic rings. The van der Waals surface area contributed by atoms with Gasteiger partial charge < -0.3 is 9.47 Å². The lowest BCUT2D eigenvalue weighted by Crippen LogP contribution is -2.25. The fourth-order valence-electron chi connectivity index (χ4n) is 4.10. The molecule has 0 saturated carbocycles. The second-order valence-electron chi connectivity index (χ2n) is 8.11. The van der Waals surface area contributed by atoms with Gasteiger partial charge in [0.25, 0.3) is 5.56 Å². The zero-order valence-electron chi connectivity index (χ0n) is 19.4. The molecule has 174 valence electrons. The van der Waals surface area contributed by atoms with E-state index in [1.807, 2.05) is 72.8 Å². The number of rotatable bonds is 8. The Morgan fingerprint density at radius 1 is 0.829 bits per heavy atom. The molecule has 0 aliphatic heterocycles. The van der Waals surface area contributed by atoms with Crippen LogP contribution >= 0.6 is 0 Å². The Morgan fingerprint density at radius 3 is 2.26 bits per heavy atom. The largest absolute Gasteiger partial charge is 0.488 e. The Balaban J connectivity index is 1.62. The Bertz CT molecular complexity index is 1500. The average Bonchev–Trinajstić information content (AvgIpc) is 2.92. The summed E-state index contributed by atoms with van der Waals surface area (Å²) in [7, 11) is 1.51. The van der Waals surface area contributed by atoms with Crippen LogP contribution in [0.2, 0.25) is 0 Å². The molecule has 35 heavy (non-hydrogen) atoms. The van der Waals surface area contributed by atoms with E-state index in [-0.39, 0.29) is 11.4 Å².